The van der Waals surface area contributed by atoms with E-state index in [-0.39, 0.29) is 16.2 Å². The van der Waals surface area contributed by atoms with Crippen LogP contribution < -0.4 is 15.7 Å². The maximum Gasteiger partial charge on any atom is 0.300 e. The van der Waals surface area contributed by atoms with E-state index < -0.39 is 5.56 Å². The predicted octanol–water partition coefficient (Wildman–Crippen LogP) is 4.20. The number of hydrogen-bond acceptors (Lipinski definition) is 6. The van der Waals surface area contributed by atoms with Crippen LogP contribution in [0.25, 0.3) is 39.2 Å². The fraction of sp³-hybridized carbons (Fsp3) is 0.0690. The molecule has 0 spiro atoms. The minimum atomic E-state index is -0.466. The van der Waals surface area contributed by atoms with Crippen molar-refractivity contribution in [3.63, 3.8) is 0 Å². The lowest BCUT2D eigenvalue weighted by Gasteiger charge is -2.05. The topological polar surface area (TPSA) is 82.2 Å². The summed E-state index contributed by atoms with van der Waals surface area (Å²) in [4.78, 5) is 30.5. The average Bonchev–Trinajstić information content (AvgIpc) is 3.46. The van der Waals surface area contributed by atoms with Crippen LogP contribution in [0.5, 0.6) is 0 Å². The van der Waals surface area contributed by atoms with Crippen LogP contribution in [0.4, 0.5) is 0 Å². The summed E-state index contributed by atoms with van der Waals surface area (Å²) in [6.07, 6.45) is 3.72. The summed E-state index contributed by atoms with van der Waals surface area (Å²) in [5, 5.41) is 9.26. The van der Waals surface area contributed by atoms with Gasteiger partial charge in [0.25, 0.3) is 5.56 Å². The number of benzene rings is 3. The number of thiazole rings is 1. The molecule has 0 saturated heterocycles. The third-order valence-electron chi connectivity index (χ3n) is 6.13. The van der Waals surface area contributed by atoms with Gasteiger partial charge in [-0.25, -0.2) is 4.68 Å². The Hall–Kier alpha value is -4.69. The summed E-state index contributed by atoms with van der Waals surface area (Å²) in [7, 11) is 0. The minimum absolute atomic E-state index is 0.146. The molecule has 0 radical (unpaired) electrons. The zero-order valence-electron chi connectivity index (χ0n) is 20.1. The molecule has 0 N–H and O–H groups in total. The highest BCUT2D eigenvalue weighted by Crippen LogP contribution is 2.28. The third kappa shape index (κ3) is 4.17. The van der Waals surface area contributed by atoms with E-state index in [0.29, 0.717) is 10.1 Å². The molecule has 0 fully saturated rings. The number of rotatable bonds is 4. The van der Waals surface area contributed by atoms with Crippen LogP contribution >= 0.6 is 11.3 Å². The van der Waals surface area contributed by atoms with Gasteiger partial charge in [0, 0.05) is 22.9 Å². The summed E-state index contributed by atoms with van der Waals surface area (Å²) >= 11 is 1.14. The van der Waals surface area contributed by atoms with Crippen molar-refractivity contribution in [2.75, 3.05) is 0 Å². The van der Waals surface area contributed by atoms with Crippen molar-refractivity contribution in [2.45, 2.75) is 13.8 Å². The molecule has 0 aliphatic carbocycles. The molecule has 0 amide bonds. The van der Waals surface area contributed by atoms with Gasteiger partial charge in [0.1, 0.15) is 5.69 Å². The third-order valence-corrected chi connectivity index (χ3v) is 7.09. The van der Waals surface area contributed by atoms with Crippen molar-refractivity contribution >= 4 is 22.4 Å². The molecule has 37 heavy (non-hydrogen) atoms. The lowest BCUT2D eigenvalue weighted by molar-refractivity contribution is 0.873. The molecule has 0 saturated carbocycles. The van der Waals surface area contributed by atoms with Gasteiger partial charge in [-0.15, -0.1) is 0 Å². The quantitative estimate of drug-likeness (QED) is 0.360. The van der Waals surface area contributed by atoms with Crippen molar-refractivity contribution in [3.05, 3.63) is 127 Å². The Labute approximate surface area is 215 Å². The molecule has 3 aromatic carbocycles. The molecule has 6 rings (SSSR count). The zero-order valence-corrected chi connectivity index (χ0v) is 20.9. The monoisotopic (exact) mass is 503 g/mol. The van der Waals surface area contributed by atoms with Gasteiger partial charge in [-0.1, -0.05) is 77.6 Å². The molecule has 180 valence electrons. The van der Waals surface area contributed by atoms with Crippen LogP contribution in [0.15, 0.2) is 94.6 Å². The van der Waals surface area contributed by atoms with Crippen molar-refractivity contribution in [1.82, 2.24) is 24.4 Å². The molecule has 3 heterocycles. The highest BCUT2D eigenvalue weighted by atomic mass is 32.1. The van der Waals surface area contributed by atoms with E-state index in [9.17, 15) is 9.59 Å². The Balaban J connectivity index is 1.57. The Kier molecular flexibility index (Phi) is 5.58. The normalized spacial score (nSPS) is 11.9. The summed E-state index contributed by atoms with van der Waals surface area (Å²) < 4.78 is 3.44. The molecule has 0 unspecified atom stereocenters. The standard InChI is InChI=1S/C29H21N5O2S/c1-18-13-14-19(2)23(15-18)25-21(17-33(31-25)22-11-7-4-8-12-22)16-24-28(36)34-29(37-24)30-27(35)26(32-34)20-9-5-3-6-10-20/h3-17H,1-2H3. The van der Waals surface area contributed by atoms with Crippen LogP contribution in [0.1, 0.15) is 16.7 Å². The van der Waals surface area contributed by atoms with Gasteiger partial charge >= 0.3 is 5.56 Å². The molecule has 7 nitrogen and oxygen atoms in total. The highest BCUT2D eigenvalue weighted by Gasteiger charge is 2.16. The number of hydrogen-bond donors (Lipinski definition) is 0. The molecular weight excluding hydrogens is 482 g/mol. The van der Waals surface area contributed by atoms with Crippen LogP contribution in [-0.2, 0) is 0 Å². The summed E-state index contributed by atoms with van der Waals surface area (Å²) in [5.41, 5.74) is 5.62. The molecule has 3 aromatic heterocycles. The van der Waals surface area contributed by atoms with Gasteiger partial charge in [0.15, 0.2) is 5.69 Å². The van der Waals surface area contributed by atoms with E-state index in [1.165, 1.54) is 4.52 Å². The van der Waals surface area contributed by atoms with Crippen molar-refractivity contribution in [3.8, 4) is 28.2 Å². The van der Waals surface area contributed by atoms with E-state index in [2.05, 4.69) is 28.3 Å². The largest absolute Gasteiger partial charge is 0.300 e. The second-order valence-corrected chi connectivity index (χ2v) is 9.78. The molecular formula is C29H21N5O2S. The molecule has 8 heteroatoms. The van der Waals surface area contributed by atoms with E-state index in [4.69, 9.17) is 5.10 Å². The van der Waals surface area contributed by atoms with Gasteiger partial charge in [0.05, 0.1) is 10.2 Å². The van der Waals surface area contributed by atoms with Gasteiger partial charge in [0.2, 0.25) is 4.96 Å². The van der Waals surface area contributed by atoms with Crippen LogP contribution in [0, 0.1) is 13.8 Å². The van der Waals surface area contributed by atoms with Crippen molar-refractivity contribution in [1.29, 1.82) is 0 Å². The molecule has 0 bridgehead atoms. The number of aromatic nitrogens is 5. The number of nitrogens with zero attached hydrogens (tertiary/aromatic N) is 5. The number of aryl methyl sites for hydroxylation is 2. The van der Waals surface area contributed by atoms with Crippen LogP contribution in [-0.4, -0.2) is 24.4 Å². The minimum Gasteiger partial charge on any atom is -0.266 e. The van der Waals surface area contributed by atoms with Gasteiger partial charge in [-0.2, -0.15) is 19.7 Å². The Morgan fingerprint density at radius 3 is 2.32 bits per heavy atom. The van der Waals surface area contributed by atoms with Gasteiger partial charge in [-0.05, 0) is 43.7 Å². The first-order valence-corrected chi connectivity index (χ1v) is 12.5. The Morgan fingerprint density at radius 1 is 0.838 bits per heavy atom. The first kappa shape index (κ1) is 22.8. The predicted molar refractivity (Wildman–Crippen MR) is 146 cm³/mol. The second-order valence-electron chi connectivity index (χ2n) is 8.77. The first-order chi connectivity index (χ1) is 18.0. The SMILES string of the molecule is Cc1ccc(C)c(-c2nn(-c3ccccc3)cc2C=c2sc3nc(=O)c(-c4ccccc4)nn3c2=O)c1. The summed E-state index contributed by atoms with van der Waals surface area (Å²) in [6.45, 7) is 4.09. The number of fused-ring (bicyclic) bond motifs is 1. The number of para-hydroxylation sites is 1. The van der Waals surface area contributed by atoms with E-state index in [0.717, 1.165) is 45.0 Å². The lowest BCUT2D eigenvalue weighted by atomic mass is 10.0. The second kappa shape index (κ2) is 9.07. The van der Waals surface area contributed by atoms with Gasteiger partial charge < -0.3 is 0 Å². The molecule has 6 aromatic rings. The van der Waals surface area contributed by atoms with E-state index in [1.54, 1.807) is 18.2 Å². The van der Waals surface area contributed by atoms with E-state index >= 15 is 0 Å². The molecule has 0 atom stereocenters. The summed E-state index contributed by atoms with van der Waals surface area (Å²) in [5.74, 6) is 0. The van der Waals surface area contributed by atoms with Crippen LogP contribution in [0.3, 0.4) is 0 Å². The zero-order chi connectivity index (χ0) is 25.5. The smallest absolute Gasteiger partial charge is 0.266 e. The Morgan fingerprint density at radius 2 is 1.57 bits per heavy atom. The lowest BCUT2D eigenvalue weighted by Crippen LogP contribution is -2.26. The fourth-order valence-corrected chi connectivity index (χ4v) is 5.13. The van der Waals surface area contributed by atoms with Crippen LogP contribution in [0.2, 0.25) is 0 Å². The molecule has 0 aliphatic rings. The maximum absolute atomic E-state index is 13.4. The van der Waals surface area contributed by atoms with Crippen molar-refractivity contribution in [2.24, 2.45) is 0 Å². The fourth-order valence-electron chi connectivity index (χ4n) is 4.23. The Bertz CT molecular complexity index is 1940. The highest BCUT2D eigenvalue weighted by molar-refractivity contribution is 7.15. The van der Waals surface area contributed by atoms with E-state index in [1.807, 2.05) is 73.3 Å². The summed E-state index contributed by atoms with van der Waals surface area (Å²) in [6, 6.07) is 25.1. The average molecular weight is 504 g/mol. The van der Waals surface area contributed by atoms with Gasteiger partial charge in [-0.3, -0.25) is 9.59 Å². The maximum atomic E-state index is 13.4. The molecule has 0 aliphatic heterocycles. The van der Waals surface area contributed by atoms with Crippen molar-refractivity contribution < 1.29 is 0 Å². The first-order valence-electron chi connectivity index (χ1n) is 11.7.